The molecule has 0 bridgehead atoms. The summed E-state index contributed by atoms with van der Waals surface area (Å²) in [7, 11) is 0. The van der Waals surface area contributed by atoms with Crippen LogP contribution in [-0.2, 0) is 17.8 Å². The quantitative estimate of drug-likeness (QED) is 0.813. The molecule has 0 unspecified atom stereocenters. The second-order valence-corrected chi connectivity index (χ2v) is 8.11. The number of amides is 1. The molecule has 1 aromatic heterocycles. The van der Waals surface area contributed by atoms with Crippen LogP contribution in [0.2, 0.25) is 0 Å². The third kappa shape index (κ3) is 4.52. The lowest BCUT2D eigenvalue weighted by Gasteiger charge is -2.36. The van der Waals surface area contributed by atoms with Gasteiger partial charge in [-0.1, -0.05) is 26.0 Å². The Morgan fingerprint density at radius 1 is 1.11 bits per heavy atom. The van der Waals surface area contributed by atoms with Crippen LogP contribution in [0.1, 0.15) is 36.4 Å². The fourth-order valence-corrected chi connectivity index (χ4v) is 3.82. The minimum absolute atomic E-state index is 0.217. The molecule has 5 nitrogen and oxygen atoms in total. The molecule has 1 aliphatic heterocycles. The van der Waals surface area contributed by atoms with E-state index < -0.39 is 0 Å². The molecule has 2 heterocycles. The average Bonchev–Trinajstić information content (AvgIpc) is 2.88. The van der Waals surface area contributed by atoms with Crippen molar-refractivity contribution in [2.24, 2.45) is 5.92 Å². The van der Waals surface area contributed by atoms with E-state index in [9.17, 15) is 4.79 Å². The van der Waals surface area contributed by atoms with E-state index >= 15 is 0 Å². The van der Waals surface area contributed by atoms with Gasteiger partial charge in [-0.05, 0) is 44.4 Å². The third-order valence-corrected chi connectivity index (χ3v) is 5.40. The van der Waals surface area contributed by atoms with Crippen molar-refractivity contribution in [1.82, 2.24) is 14.7 Å². The van der Waals surface area contributed by atoms with Crippen LogP contribution in [0.4, 0.5) is 5.69 Å². The van der Waals surface area contributed by atoms with Gasteiger partial charge in [0.15, 0.2) is 0 Å². The van der Waals surface area contributed by atoms with Gasteiger partial charge in [0.25, 0.3) is 0 Å². The van der Waals surface area contributed by atoms with Gasteiger partial charge in [0.1, 0.15) is 0 Å². The third-order valence-electron chi connectivity index (χ3n) is 5.40. The smallest absolute Gasteiger partial charge is 0.227 e. The number of piperazine rings is 1. The summed E-state index contributed by atoms with van der Waals surface area (Å²) < 4.78 is 2.05. The topological polar surface area (TPSA) is 41.4 Å². The first-order chi connectivity index (χ1) is 12.8. The molecule has 1 amide bonds. The first kappa shape index (κ1) is 19.5. The number of hydrogen-bond acceptors (Lipinski definition) is 3. The summed E-state index contributed by atoms with van der Waals surface area (Å²) >= 11 is 0. The van der Waals surface area contributed by atoms with Crippen molar-refractivity contribution in [2.45, 2.75) is 47.6 Å². The second kappa shape index (κ2) is 8.15. The molecule has 0 aliphatic carbocycles. The fraction of sp³-hybridized carbons (Fsp3) is 0.545. The van der Waals surface area contributed by atoms with Crippen molar-refractivity contribution in [2.75, 3.05) is 31.1 Å². The number of aromatic nitrogens is 2. The molecular formula is C22H32N4O. The largest absolute Gasteiger partial charge is 0.368 e. The number of hydrogen-bond donors (Lipinski definition) is 0. The number of rotatable bonds is 5. The summed E-state index contributed by atoms with van der Waals surface area (Å²) in [4.78, 5) is 17.2. The van der Waals surface area contributed by atoms with Crippen LogP contribution in [0.5, 0.6) is 0 Å². The minimum atomic E-state index is 0.217. The van der Waals surface area contributed by atoms with Gasteiger partial charge < -0.3 is 9.80 Å². The molecular weight excluding hydrogens is 336 g/mol. The molecule has 3 rings (SSSR count). The van der Waals surface area contributed by atoms with Crippen LogP contribution in [-0.4, -0.2) is 46.8 Å². The van der Waals surface area contributed by atoms with Crippen molar-refractivity contribution < 1.29 is 4.79 Å². The van der Waals surface area contributed by atoms with E-state index in [1.54, 1.807) is 0 Å². The van der Waals surface area contributed by atoms with Crippen molar-refractivity contribution >= 4 is 11.6 Å². The number of benzene rings is 1. The van der Waals surface area contributed by atoms with E-state index in [4.69, 9.17) is 0 Å². The molecule has 5 heteroatoms. The van der Waals surface area contributed by atoms with Crippen LogP contribution in [0.25, 0.3) is 0 Å². The van der Waals surface area contributed by atoms with Crippen LogP contribution < -0.4 is 4.90 Å². The van der Waals surface area contributed by atoms with Gasteiger partial charge in [-0.3, -0.25) is 9.48 Å². The maximum absolute atomic E-state index is 12.9. The van der Waals surface area contributed by atoms with Crippen LogP contribution >= 0.6 is 0 Å². The van der Waals surface area contributed by atoms with E-state index in [1.165, 1.54) is 11.3 Å². The standard InChI is InChI=1S/C22H32N4O/c1-16(2)15-26-19(5)21(18(4)23-26)14-22(27)25-11-9-24(10-12-25)20-8-6-7-17(3)13-20/h6-8,13,16H,9-12,14-15H2,1-5H3. The Labute approximate surface area is 163 Å². The van der Waals surface area contributed by atoms with Crippen molar-refractivity contribution in [1.29, 1.82) is 0 Å². The fourth-order valence-electron chi connectivity index (χ4n) is 3.82. The molecule has 2 aromatic rings. The van der Waals surface area contributed by atoms with Gasteiger partial charge in [0, 0.05) is 49.7 Å². The summed E-state index contributed by atoms with van der Waals surface area (Å²) in [5.74, 6) is 0.760. The highest BCUT2D eigenvalue weighted by molar-refractivity contribution is 5.79. The van der Waals surface area contributed by atoms with Crippen molar-refractivity contribution in [3.8, 4) is 0 Å². The SMILES string of the molecule is Cc1cccc(N2CCN(C(=O)Cc3c(C)nn(CC(C)C)c3C)CC2)c1. The van der Waals surface area contributed by atoms with E-state index in [-0.39, 0.29) is 5.91 Å². The lowest BCUT2D eigenvalue weighted by molar-refractivity contribution is -0.130. The number of carbonyl (C=O) groups is 1. The number of anilines is 1. The van der Waals surface area contributed by atoms with Crippen LogP contribution in [0.3, 0.4) is 0 Å². The lowest BCUT2D eigenvalue weighted by atomic mass is 10.1. The summed E-state index contributed by atoms with van der Waals surface area (Å²) in [5.41, 5.74) is 5.74. The molecule has 1 saturated heterocycles. The molecule has 0 atom stereocenters. The number of aryl methyl sites for hydroxylation is 2. The monoisotopic (exact) mass is 368 g/mol. The van der Waals surface area contributed by atoms with Gasteiger partial charge in [0.05, 0.1) is 12.1 Å². The molecule has 1 aromatic carbocycles. The molecule has 0 saturated carbocycles. The molecule has 27 heavy (non-hydrogen) atoms. The molecule has 0 radical (unpaired) electrons. The van der Waals surface area contributed by atoms with Gasteiger partial charge in [0.2, 0.25) is 5.91 Å². The zero-order valence-electron chi connectivity index (χ0n) is 17.3. The lowest BCUT2D eigenvalue weighted by Crippen LogP contribution is -2.49. The van der Waals surface area contributed by atoms with Gasteiger partial charge >= 0.3 is 0 Å². The maximum Gasteiger partial charge on any atom is 0.227 e. The Morgan fingerprint density at radius 2 is 1.81 bits per heavy atom. The summed E-state index contributed by atoms with van der Waals surface area (Å²) in [6.45, 7) is 14.8. The molecule has 0 N–H and O–H groups in total. The number of nitrogens with zero attached hydrogens (tertiary/aromatic N) is 4. The van der Waals surface area contributed by atoms with Crippen molar-refractivity contribution in [3.05, 3.63) is 46.8 Å². The second-order valence-electron chi connectivity index (χ2n) is 8.11. The first-order valence-electron chi connectivity index (χ1n) is 9.97. The van der Waals surface area contributed by atoms with Crippen LogP contribution in [0, 0.1) is 26.7 Å². The maximum atomic E-state index is 12.9. The molecule has 0 spiro atoms. The minimum Gasteiger partial charge on any atom is -0.368 e. The highest BCUT2D eigenvalue weighted by Gasteiger charge is 2.23. The Bertz CT molecular complexity index is 801. The molecule has 1 fully saturated rings. The summed E-state index contributed by atoms with van der Waals surface area (Å²) in [6, 6.07) is 8.59. The van der Waals surface area contributed by atoms with E-state index in [1.807, 2.05) is 11.8 Å². The zero-order chi connectivity index (χ0) is 19.6. The Balaban J connectivity index is 1.61. The summed E-state index contributed by atoms with van der Waals surface area (Å²) in [6.07, 6.45) is 0.459. The molecule has 1 aliphatic rings. The van der Waals surface area contributed by atoms with Crippen LogP contribution in [0.15, 0.2) is 24.3 Å². The van der Waals surface area contributed by atoms with Crippen molar-refractivity contribution in [3.63, 3.8) is 0 Å². The van der Waals surface area contributed by atoms with E-state index in [0.717, 1.165) is 49.7 Å². The Morgan fingerprint density at radius 3 is 2.44 bits per heavy atom. The van der Waals surface area contributed by atoms with Gasteiger partial charge in [-0.25, -0.2) is 0 Å². The predicted octanol–water partition coefficient (Wildman–Crippen LogP) is 3.36. The Hall–Kier alpha value is -2.30. The highest BCUT2D eigenvalue weighted by Crippen LogP contribution is 2.20. The first-order valence-corrected chi connectivity index (χ1v) is 9.97. The number of carbonyl (C=O) groups excluding carboxylic acids is 1. The van der Waals surface area contributed by atoms with Gasteiger partial charge in [-0.15, -0.1) is 0 Å². The summed E-state index contributed by atoms with van der Waals surface area (Å²) in [5, 5.41) is 4.65. The average molecular weight is 369 g/mol. The van der Waals surface area contributed by atoms with Gasteiger partial charge in [-0.2, -0.15) is 5.10 Å². The zero-order valence-corrected chi connectivity index (χ0v) is 17.3. The normalized spacial score (nSPS) is 14.9. The van der Waals surface area contributed by atoms with E-state index in [2.05, 4.69) is 66.6 Å². The predicted molar refractivity (Wildman–Crippen MR) is 110 cm³/mol. The Kier molecular flexibility index (Phi) is 5.88. The molecule has 146 valence electrons. The van der Waals surface area contributed by atoms with E-state index in [0.29, 0.717) is 12.3 Å². The highest BCUT2D eigenvalue weighted by atomic mass is 16.2.